The van der Waals surface area contributed by atoms with Crippen LogP contribution in [0.3, 0.4) is 0 Å². The number of hydrogen-bond donors (Lipinski definition) is 0. The molecule has 4 heterocycles. The van der Waals surface area contributed by atoms with Crippen LogP contribution in [0.5, 0.6) is 0 Å². The second-order valence-electron chi connectivity index (χ2n) is 8.18. The molecule has 3 fully saturated rings. The van der Waals surface area contributed by atoms with Crippen LogP contribution in [0.15, 0.2) is 24.3 Å². The van der Waals surface area contributed by atoms with E-state index in [0.717, 1.165) is 10.9 Å². The molecule has 0 N–H and O–H groups in total. The summed E-state index contributed by atoms with van der Waals surface area (Å²) in [7, 11) is 0. The Morgan fingerprint density at radius 1 is 1.00 bits per heavy atom. The van der Waals surface area contributed by atoms with Gasteiger partial charge >= 0.3 is 0 Å². The molecule has 0 saturated carbocycles. The van der Waals surface area contributed by atoms with Crippen LogP contribution < -0.4 is 0 Å². The van der Waals surface area contributed by atoms with Crippen molar-refractivity contribution in [3.8, 4) is 0 Å². The molecule has 0 unspecified atom stereocenters. The Morgan fingerprint density at radius 3 is 2.48 bits per heavy atom. The molecule has 0 amide bonds. The molecule has 27 heavy (non-hydrogen) atoms. The molecule has 5 rings (SSSR count). The zero-order chi connectivity index (χ0) is 19.0. The van der Waals surface area contributed by atoms with Crippen LogP contribution in [0.4, 0.5) is 0 Å². The average Bonchev–Trinajstić information content (AvgIpc) is 3.29. The van der Waals surface area contributed by atoms with Gasteiger partial charge in [0.1, 0.15) is 24.4 Å². The van der Waals surface area contributed by atoms with E-state index in [1.807, 2.05) is 52.0 Å². The first-order valence-corrected chi connectivity index (χ1v) is 9.57. The molecular weight excluding hydrogens is 372 g/mol. The number of hydrogen-bond acceptors (Lipinski definition) is 6. The van der Waals surface area contributed by atoms with Crippen molar-refractivity contribution in [3.63, 3.8) is 0 Å². The lowest BCUT2D eigenvalue weighted by Gasteiger charge is -2.27. The number of rotatable bonds is 2. The minimum atomic E-state index is -0.711. The molecular formula is C19H23ClN2O5. The Kier molecular flexibility index (Phi) is 3.89. The van der Waals surface area contributed by atoms with Crippen molar-refractivity contribution >= 4 is 22.5 Å². The maximum absolute atomic E-state index is 6.39. The van der Waals surface area contributed by atoms with Gasteiger partial charge in [0, 0.05) is 5.39 Å². The topological polar surface area (TPSA) is 64.0 Å². The molecule has 5 atom stereocenters. The van der Waals surface area contributed by atoms with Crippen LogP contribution in [0.2, 0.25) is 5.15 Å². The maximum Gasteiger partial charge on any atom is 0.180 e. The molecule has 8 heteroatoms. The molecule has 0 radical (unpaired) electrons. The molecule has 0 spiro atoms. The van der Waals surface area contributed by atoms with Crippen LogP contribution in [0.25, 0.3) is 10.9 Å². The van der Waals surface area contributed by atoms with Gasteiger partial charge in [-0.15, -0.1) is 0 Å². The first-order valence-electron chi connectivity index (χ1n) is 9.20. The normalized spacial score (nSPS) is 37.1. The summed E-state index contributed by atoms with van der Waals surface area (Å²) in [5, 5.41) is 5.84. The Bertz CT molecular complexity index is 882. The third kappa shape index (κ3) is 2.88. The monoisotopic (exact) mass is 394 g/mol. The van der Waals surface area contributed by atoms with E-state index in [9.17, 15) is 0 Å². The fourth-order valence-electron chi connectivity index (χ4n) is 4.23. The molecule has 146 valence electrons. The first kappa shape index (κ1) is 17.8. The highest BCUT2D eigenvalue weighted by molar-refractivity contribution is 6.34. The number of ether oxygens (including phenoxy) is 5. The lowest BCUT2D eigenvalue weighted by Crippen LogP contribution is -2.40. The second kappa shape index (κ2) is 5.89. The highest BCUT2D eigenvalue weighted by Crippen LogP contribution is 2.46. The SMILES string of the molecule is CC1(C)O[C@H]2[C@@H]([C@H]3COC(C)(C)O3)O[C@H](n3nc(Cl)c4ccccc43)[C@H]2O1. The third-order valence-electron chi connectivity index (χ3n) is 5.27. The number of benzene rings is 1. The third-order valence-corrected chi connectivity index (χ3v) is 5.55. The Labute approximate surface area is 162 Å². The molecule has 1 aromatic heterocycles. The molecule has 7 nitrogen and oxygen atoms in total. The van der Waals surface area contributed by atoms with Gasteiger partial charge in [0.25, 0.3) is 0 Å². The summed E-state index contributed by atoms with van der Waals surface area (Å²) in [6.07, 6.45) is -1.64. The van der Waals surface area contributed by atoms with Gasteiger partial charge in [-0.05, 0) is 39.8 Å². The van der Waals surface area contributed by atoms with Gasteiger partial charge in [-0.3, -0.25) is 0 Å². The van der Waals surface area contributed by atoms with Crippen molar-refractivity contribution in [2.24, 2.45) is 0 Å². The number of halogens is 1. The van der Waals surface area contributed by atoms with E-state index in [-0.39, 0.29) is 24.4 Å². The molecule has 3 saturated heterocycles. The highest BCUT2D eigenvalue weighted by atomic mass is 35.5. The fourth-order valence-corrected chi connectivity index (χ4v) is 4.47. The van der Waals surface area contributed by atoms with E-state index in [2.05, 4.69) is 5.10 Å². The zero-order valence-corrected chi connectivity index (χ0v) is 16.5. The Balaban J connectivity index is 1.53. The van der Waals surface area contributed by atoms with Crippen molar-refractivity contribution in [2.45, 2.75) is 69.9 Å². The molecule has 0 aliphatic carbocycles. The predicted octanol–water partition coefficient (Wildman–Crippen LogP) is 3.26. The maximum atomic E-state index is 6.39. The largest absolute Gasteiger partial charge is 0.348 e. The van der Waals surface area contributed by atoms with Crippen LogP contribution in [-0.2, 0) is 23.7 Å². The number of fused-ring (bicyclic) bond motifs is 2. The fraction of sp³-hybridized carbons (Fsp3) is 0.632. The predicted molar refractivity (Wildman–Crippen MR) is 97.4 cm³/mol. The minimum Gasteiger partial charge on any atom is -0.348 e. The number of aromatic nitrogens is 2. The van der Waals surface area contributed by atoms with E-state index in [1.54, 1.807) is 4.68 Å². The molecule has 0 bridgehead atoms. The number of para-hydroxylation sites is 1. The second-order valence-corrected chi connectivity index (χ2v) is 8.53. The van der Waals surface area contributed by atoms with Gasteiger partial charge in [0.15, 0.2) is 23.0 Å². The van der Waals surface area contributed by atoms with Gasteiger partial charge in [0.2, 0.25) is 0 Å². The van der Waals surface area contributed by atoms with E-state index in [4.69, 9.17) is 35.3 Å². The van der Waals surface area contributed by atoms with E-state index in [1.165, 1.54) is 0 Å². The van der Waals surface area contributed by atoms with Crippen molar-refractivity contribution in [2.75, 3.05) is 6.61 Å². The Morgan fingerprint density at radius 2 is 1.74 bits per heavy atom. The molecule has 1 aromatic carbocycles. The highest BCUT2D eigenvalue weighted by Gasteiger charge is 2.60. The van der Waals surface area contributed by atoms with Crippen molar-refractivity contribution < 1.29 is 23.7 Å². The van der Waals surface area contributed by atoms with Gasteiger partial charge in [-0.1, -0.05) is 23.7 Å². The van der Waals surface area contributed by atoms with Gasteiger partial charge in [-0.2, -0.15) is 5.10 Å². The average molecular weight is 395 g/mol. The van der Waals surface area contributed by atoms with E-state index in [0.29, 0.717) is 11.8 Å². The lowest BCUT2D eigenvalue weighted by atomic mass is 10.1. The summed E-state index contributed by atoms with van der Waals surface area (Å²) >= 11 is 6.35. The number of nitrogens with zero attached hydrogens (tertiary/aromatic N) is 2. The Hall–Kier alpha value is -1.22. The summed E-state index contributed by atoms with van der Waals surface area (Å²) in [6, 6.07) is 7.80. The first-order chi connectivity index (χ1) is 12.7. The zero-order valence-electron chi connectivity index (χ0n) is 15.7. The molecule has 3 aliphatic heterocycles. The van der Waals surface area contributed by atoms with Crippen molar-refractivity contribution in [1.82, 2.24) is 9.78 Å². The summed E-state index contributed by atoms with van der Waals surface area (Å²) in [4.78, 5) is 0. The van der Waals surface area contributed by atoms with Crippen LogP contribution >= 0.6 is 11.6 Å². The standard InChI is InChI=1S/C19H23ClN2O5/c1-18(2)23-9-12(25-18)13-14-15(27-19(3,4)26-14)17(24-13)22-11-8-6-5-7-10(11)16(20)21-22/h5-8,12-15,17H,9H2,1-4H3/t12-,13-,14+,15+,17+/m1/s1. The summed E-state index contributed by atoms with van der Waals surface area (Å²) < 4.78 is 32.3. The van der Waals surface area contributed by atoms with Crippen molar-refractivity contribution in [1.29, 1.82) is 0 Å². The van der Waals surface area contributed by atoms with Crippen LogP contribution in [-0.4, -0.2) is 52.4 Å². The van der Waals surface area contributed by atoms with Crippen LogP contribution in [0.1, 0.15) is 33.9 Å². The minimum absolute atomic E-state index is 0.243. The van der Waals surface area contributed by atoms with E-state index >= 15 is 0 Å². The van der Waals surface area contributed by atoms with Crippen molar-refractivity contribution in [3.05, 3.63) is 29.4 Å². The summed E-state index contributed by atoms with van der Waals surface area (Å²) in [5.41, 5.74) is 0.893. The van der Waals surface area contributed by atoms with E-state index < -0.39 is 17.8 Å². The lowest BCUT2D eigenvalue weighted by molar-refractivity contribution is -0.216. The van der Waals surface area contributed by atoms with Gasteiger partial charge < -0.3 is 23.7 Å². The molecule has 3 aliphatic rings. The summed E-state index contributed by atoms with van der Waals surface area (Å²) in [6.45, 7) is 8.05. The molecule has 2 aromatic rings. The van der Waals surface area contributed by atoms with Crippen LogP contribution in [0, 0.1) is 0 Å². The summed E-state index contributed by atoms with van der Waals surface area (Å²) in [5.74, 6) is -1.35. The van der Waals surface area contributed by atoms with Gasteiger partial charge in [-0.25, -0.2) is 4.68 Å². The quantitative estimate of drug-likeness (QED) is 0.779. The smallest absolute Gasteiger partial charge is 0.180 e. The van der Waals surface area contributed by atoms with Gasteiger partial charge in [0.05, 0.1) is 12.1 Å².